The van der Waals surface area contributed by atoms with Gasteiger partial charge < -0.3 is 9.84 Å². The van der Waals surface area contributed by atoms with Gasteiger partial charge in [-0.25, -0.2) is 4.79 Å². The second-order valence-electron chi connectivity index (χ2n) is 4.79. The van der Waals surface area contributed by atoms with Crippen LogP contribution >= 0.6 is 0 Å². The Kier molecular flexibility index (Phi) is 2.98. The lowest BCUT2D eigenvalue weighted by molar-refractivity contribution is -0.138. The third-order valence-electron chi connectivity index (χ3n) is 3.05. The van der Waals surface area contributed by atoms with Crippen LogP contribution < -0.4 is 4.90 Å². The van der Waals surface area contributed by atoms with E-state index in [-0.39, 0.29) is 13.0 Å². The topological polar surface area (TPSA) is 66.8 Å². The Bertz CT molecular complexity index is 482. The highest BCUT2D eigenvalue weighted by atomic mass is 16.6. The molecular formula is C13H15NO4. The molecule has 1 heterocycles. The first-order valence-corrected chi connectivity index (χ1v) is 5.68. The lowest BCUT2D eigenvalue weighted by Gasteiger charge is -2.30. The fraction of sp³-hybridized carbons (Fsp3) is 0.385. The molecule has 0 aliphatic carbocycles. The SMILES string of the molecule is Cc1ccc(N2C(=O)OCC2(C)CC(=O)O)cc1. The van der Waals surface area contributed by atoms with Crippen molar-refractivity contribution in [2.75, 3.05) is 11.5 Å². The number of aliphatic carboxylic acids is 1. The molecule has 0 radical (unpaired) electrons. The summed E-state index contributed by atoms with van der Waals surface area (Å²) in [5.41, 5.74) is 0.899. The van der Waals surface area contributed by atoms with Crippen molar-refractivity contribution in [3.63, 3.8) is 0 Å². The van der Waals surface area contributed by atoms with E-state index in [1.807, 2.05) is 19.1 Å². The molecule has 1 atom stereocenters. The first kappa shape index (κ1) is 12.4. The zero-order valence-corrected chi connectivity index (χ0v) is 10.3. The van der Waals surface area contributed by atoms with Crippen LogP contribution in [-0.4, -0.2) is 29.3 Å². The van der Waals surface area contributed by atoms with Crippen LogP contribution in [0.15, 0.2) is 24.3 Å². The molecule has 5 heteroatoms. The summed E-state index contributed by atoms with van der Waals surface area (Å²) in [6.45, 7) is 3.75. The van der Waals surface area contributed by atoms with Crippen molar-refractivity contribution in [2.45, 2.75) is 25.8 Å². The second-order valence-corrected chi connectivity index (χ2v) is 4.79. The van der Waals surface area contributed by atoms with Crippen molar-refractivity contribution in [3.8, 4) is 0 Å². The summed E-state index contributed by atoms with van der Waals surface area (Å²) in [6, 6.07) is 7.34. The molecular weight excluding hydrogens is 234 g/mol. The van der Waals surface area contributed by atoms with Crippen LogP contribution in [0.1, 0.15) is 18.9 Å². The molecule has 1 amide bonds. The highest BCUT2D eigenvalue weighted by molar-refractivity contribution is 5.92. The monoisotopic (exact) mass is 249 g/mol. The van der Waals surface area contributed by atoms with Gasteiger partial charge in [-0.15, -0.1) is 0 Å². The summed E-state index contributed by atoms with van der Waals surface area (Å²) in [4.78, 5) is 24.1. The van der Waals surface area contributed by atoms with E-state index in [1.54, 1.807) is 19.1 Å². The van der Waals surface area contributed by atoms with E-state index in [0.717, 1.165) is 5.56 Å². The number of hydrogen-bond donors (Lipinski definition) is 1. The number of carbonyl (C=O) groups is 2. The van der Waals surface area contributed by atoms with Crippen LogP contribution in [0.4, 0.5) is 10.5 Å². The highest BCUT2D eigenvalue weighted by Gasteiger charge is 2.46. The number of anilines is 1. The minimum atomic E-state index is -0.951. The lowest BCUT2D eigenvalue weighted by Crippen LogP contribution is -2.46. The quantitative estimate of drug-likeness (QED) is 0.891. The van der Waals surface area contributed by atoms with Gasteiger partial charge in [-0.2, -0.15) is 0 Å². The number of carboxylic acids is 1. The van der Waals surface area contributed by atoms with Gasteiger partial charge in [-0.3, -0.25) is 9.69 Å². The smallest absolute Gasteiger partial charge is 0.415 e. The molecule has 18 heavy (non-hydrogen) atoms. The summed E-state index contributed by atoms with van der Waals surface area (Å²) >= 11 is 0. The summed E-state index contributed by atoms with van der Waals surface area (Å²) in [6.07, 6.45) is -0.644. The number of carbonyl (C=O) groups excluding carboxylic acids is 1. The van der Waals surface area contributed by atoms with Crippen LogP contribution in [0.5, 0.6) is 0 Å². The van der Waals surface area contributed by atoms with Gasteiger partial charge in [0.15, 0.2) is 0 Å². The molecule has 0 bridgehead atoms. The van der Waals surface area contributed by atoms with E-state index >= 15 is 0 Å². The van der Waals surface area contributed by atoms with Crippen LogP contribution in [-0.2, 0) is 9.53 Å². The van der Waals surface area contributed by atoms with Gasteiger partial charge in [0.25, 0.3) is 0 Å². The van der Waals surface area contributed by atoms with Gasteiger partial charge in [0.1, 0.15) is 6.61 Å². The zero-order chi connectivity index (χ0) is 13.3. The number of rotatable bonds is 3. The molecule has 1 aromatic carbocycles. The van der Waals surface area contributed by atoms with Gasteiger partial charge in [0, 0.05) is 5.69 Å². The molecule has 1 fully saturated rings. The van der Waals surface area contributed by atoms with Gasteiger partial charge >= 0.3 is 12.1 Å². The highest BCUT2D eigenvalue weighted by Crippen LogP contribution is 2.33. The number of aryl methyl sites for hydroxylation is 1. The van der Waals surface area contributed by atoms with Crippen LogP contribution in [0.2, 0.25) is 0 Å². The van der Waals surface area contributed by atoms with Gasteiger partial charge in [0.2, 0.25) is 0 Å². The molecule has 96 valence electrons. The van der Waals surface area contributed by atoms with Crippen molar-refractivity contribution in [3.05, 3.63) is 29.8 Å². The number of nitrogens with zero attached hydrogens (tertiary/aromatic N) is 1. The fourth-order valence-corrected chi connectivity index (χ4v) is 2.13. The lowest BCUT2D eigenvalue weighted by atomic mass is 9.97. The number of ether oxygens (including phenoxy) is 1. The molecule has 1 aliphatic heterocycles. The minimum absolute atomic E-state index is 0.0893. The Hall–Kier alpha value is -2.04. The van der Waals surface area contributed by atoms with E-state index in [1.165, 1.54) is 4.90 Å². The van der Waals surface area contributed by atoms with E-state index in [4.69, 9.17) is 9.84 Å². The summed E-state index contributed by atoms with van der Waals surface area (Å²) < 4.78 is 4.99. The van der Waals surface area contributed by atoms with E-state index in [2.05, 4.69) is 0 Å². The Balaban J connectivity index is 2.35. The van der Waals surface area contributed by atoms with E-state index < -0.39 is 17.6 Å². The molecule has 0 saturated carbocycles. The molecule has 2 rings (SSSR count). The van der Waals surface area contributed by atoms with Crippen molar-refractivity contribution < 1.29 is 19.4 Å². The average molecular weight is 249 g/mol. The molecule has 5 nitrogen and oxygen atoms in total. The number of carboxylic acid groups (broad SMARTS) is 1. The Labute approximate surface area is 105 Å². The molecule has 1 N–H and O–H groups in total. The Morgan fingerprint density at radius 3 is 2.61 bits per heavy atom. The maximum Gasteiger partial charge on any atom is 0.415 e. The fourth-order valence-electron chi connectivity index (χ4n) is 2.13. The standard InChI is InChI=1S/C13H15NO4/c1-9-3-5-10(6-4-9)14-12(17)18-8-13(14,2)7-11(15)16/h3-6H,7-8H2,1-2H3,(H,15,16). The average Bonchev–Trinajstić information content (AvgIpc) is 2.55. The van der Waals surface area contributed by atoms with Crippen molar-refractivity contribution in [1.82, 2.24) is 0 Å². The molecule has 0 aromatic heterocycles. The summed E-state index contributed by atoms with van der Waals surface area (Å²) in [5, 5.41) is 8.94. The maximum absolute atomic E-state index is 11.8. The third kappa shape index (κ3) is 2.16. The molecule has 0 spiro atoms. The number of hydrogen-bond acceptors (Lipinski definition) is 3. The third-order valence-corrected chi connectivity index (χ3v) is 3.05. The van der Waals surface area contributed by atoms with E-state index in [0.29, 0.717) is 5.69 Å². The van der Waals surface area contributed by atoms with Gasteiger partial charge in [-0.1, -0.05) is 17.7 Å². The number of amides is 1. The second kappa shape index (κ2) is 4.33. The van der Waals surface area contributed by atoms with Crippen LogP contribution in [0.25, 0.3) is 0 Å². The zero-order valence-electron chi connectivity index (χ0n) is 10.3. The molecule has 1 aromatic rings. The first-order chi connectivity index (χ1) is 8.42. The number of benzene rings is 1. The predicted octanol–water partition coefficient (Wildman–Crippen LogP) is 2.19. The van der Waals surface area contributed by atoms with Crippen LogP contribution in [0, 0.1) is 6.92 Å². The van der Waals surface area contributed by atoms with E-state index in [9.17, 15) is 9.59 Å². The summed E-state index contributed by atoms with van der Waals surface area (Å²) in [5.74, 6) is -0.951. The Morgan fingerprint density at radius 1 is 1.44 bits per heavy atom. The molecule has 1 saturated heterocycles. The number of cyclic esters (lactones) is 1. The van der Waals surface area contributed by atoms with Gasteiger partial charge in [-0.05, 0) is 26.0 Å². The van der Waals surface area contributed by atoms with Crippen molar-refractivity contribution >= 4 is 17.7 Å². The maximum atomic E-state index is 11.8. The first-order valence-electron chi connectivity index (χ1n) is 5.68. The normalized spacial score (nSPS) is 23.0. The van der Waals surface area contributed by atoms with Crippen LogP contribution in [0.3, 0.4) is 0 Å². The largest absolute Gasteiger partial charge is 0.481 e. The van der Waals surface area contributed by atoms with Gasteiger partial charge in [0.05, 0.1) is 12.0 Å². The predicted molar refractivity (Wildman–Crippen MR) is 65.7 cm³/mol. The minimum Gasteiger partial charge on any atom is -0.481 e. The molecule has 1 unspecified atom stereocenters. The van der Waals surface area contributed by atoms with Crippen molar-refractivity contribution in [1.29, 1.82) is 0 Å². The Morgan fingerprint density at radius 2 is 2.06 bits per heavy atom. The molecule has 1 aliphatic rings. The summed E-state index contributed by atoms with van der Waals surface area (Å²) in [7, 11) is 0. The van der Waals surface area contributed by atoms with Crippen molar-refractivity contribution in [2.24, 2.45) is 0 Å².